The minimum atomic E-state index is -0.276. The van der Waals surface area contributed by atoms with E-state index >= 15 is 0 Å². The summed E-state index contributed by atoms with van der Waals surface area (Å²) in [7, 11) is 0. The molecule has 0 fully saturated rings. The minimum Gasteiger partial charge on any atom is -0.452 e. The molecular formula is C13H26O2S. The summed E-state index contributed by atoms with van der Waals surface area (Å²) in [4.78, 5) is 11.2. The first-order chi connectivity index (χ1) is 7.66. The molecule has 0 heterocycles. The minimum absolute atomic E-state index is 0.117. The van der Waals surface area contributed by atoms with Crippen molar-refractivity contribution in [2.24, 2.45) is 0 Å². The van der Waals surface area contributed by atoms with Crippen LogP contribution in [0.15, 0.2) is 0 Å². The van der Waals surface area contributed by atoms with Gasteiger partial charge in [-0.15, -0.1) is 12.6 Å². The molecule has 0 saturated heterocycles. The summed E-state index contributed by atoms with van der Waals surface area (Å²) in [5, 5.41) is 0. The van der Waals surface area contributed by atoms with E-state index in [0.717, 1.165) is 12.8 Å². The average molecular weight is 246 g/mol. The Hall–Kier alpha value is -0.180. The number of esters is 1. The zero-order chi connectivity index (χ0) is 12.2. The van der Waals surface area contributed by atoms with Crippen LogP contribution >= 0.6 is 12.6 Å². The Morgan fingerprint density at radius 3 is 2.06 bits per heavy atom. The Morgan fingerprint density at radius 2 is 1.56 bits per heavy atom. The molecular weight excluding hydrogens is 220 g/mol. The molecule has 0 aliphatic rings. The molecule has 16 heavy (non-hydrogen) atoms. The van der Waals surface area contributed by atoms with Gasteiger partial charge in [0.2, 0.25) is 0 Å². The normalized spacial score (nSPS) is 12.4. The van der Waals surface area contributed by atoms with Crippen LogP contribution in [0.1, 0.15) is 71.6 Å². The van der Waals surface area contributed by atoms with Gasteiger partial charge < -0.3 is 4.74 Å². The van der Waals surface area contributed by atoms with E-state index in [2.05, 4.69) is 19.6 Å². The highest BCUT2D eigenvalue weighted by Crippen LogP contribution is 2.10. The molecule has 1 atom stereocenters. The van der Waals surface area contributed by atoms with Crippen LogP contribution < -0.4 is 0 Å². The zero-order valence-electron chi connectivity index (χ0n) is 10.7. The number of hydrogen-bond donors (Lipinski definition) is 1. The molecule has 0 aromatic rings. The lowest BCUT2D eigenvalue weighted by molar-refractivity contribution is -0.144. The van der Waals surface area contributed by atoms with Crippen LogP contribution in [0.25, 0.3) is 0 Å². The van der Waals surface area contributed by atoms with E-state index in [1.807, 2.05) is 0 Å². The summed E-state index contributed by atoms with van der Waals surface area (Å²) < 4.78 is 4.94. The van der Waals surface area contributed by atoms with Gasteiger partial charge in [0.25, 0.3) is 0 Å². The van der Waals surface area contributed by atoms with E-state index in [-0.39, 0.29) is 11.4 Å². The smallest absolute Gasteiger partial charge is 0.306 e. The highest BCUT2D eigenvalue weighted by molar-refractivity contribution is 7.80. The predicted octanol–water partition coefficient (Wildman–Crippen LogP) is 4.34. The second kappa shape index (κ2) is 11.3. The first-order valence-electron chi connectivity index (χ1n) is 6.54. The standard InChI is InChI=1S/C13H26O2S/c1-3-4-5-6-7-8-9-10-11-13(14)15-12(2)16/h12,16H,3-11H2,1-2H3. The quantitative estimate of drug-likeness (QED) is 0.269. The van der Waals surface area contributed by atoms with Crippen molar-refractivity contribution in [3.63, 3.8) is 0 Å². The van der Waals surface area contributed by atoms with Crippen LogP contribution in [0.5, 0.6) is 0 Å². The highest BCUT2D eigenvalue weighted by Gasteiger charge is 2.04. The lowest BCUT2D eigenvalue weighted by Crippen LogP contribution is -2.08. The average Bonchev–Trinajstić information content (AvgIpc) is 2.21. The summed E-state index contributed by atoms with van der Waals surface area (Å²) in [6.45, 7) is 3.99. The SMILES string of the molecule is CCCCCCCCCCC(=O)OC(C)S. The van der Waals surface area contributed by atoms with E-state index < -0.39 is 0 Å². The van der Waals surface area contributed by atoms with Gasteiger partial charge in [-0.3, -0.25) is 4.79 Å². The molecule has 0 aliphatic heterocycles. The molecule has 0 spiro atoms. The maximum atomic E-state index is 11.2. The summed E-state index contributed by atoms with van der Waals surface area (Å²) in [6, 6.07) is 0. The van der Waals surface area contributed by atoms with E-state index in [0.29, 0.717) is 6.42 Å². The maximum Gasteiger partial charge on any atom is 0.306 e. The second-order valence-electron chi connectivity index (χ2n) is 4.31. The third kappa shape index (κ3) is 11.9. The van der Waals surface area contributed by atoms with Crippen LogP contribution in [-0.4, -0.2) is 11.4 Å². The van der Waals surface area contributed by atoms with Gasteiger partial charge in [0, 0.05) is 6.42 Å². The first kappa shape index (κ1) is 15.8. The van der Waals surface area contributed by atoms with E-state index in [1.54, 1.807) is 6.92 Å². The Labute approximate surface area is 106 Å². The van der Waals surface area contributed by atoms with E-state index in [9.17, 15) is 4.79 Å². The number of carbonyl (C=O) groups excluding carboxylic acids is 1. The molecule has 2 nitrogen and oxygen atoms in total. The fourth-order valence-electron chi connectivity index (χ4n) is 1.65. The molecule has 0 rings (SSSR count). The third-order valence-electron chi connectivity index (χ3n) is 2.54. The lowest BCUT2D eigenvalue weighted by atomic mass is 10.1. The van der Waals surface area contributed by atoms with Gasteiger partial charge in [-0.1, -0.05) is 51.9 Å². The molecule has 0 N–H and O–H groups in total. The molecule has 3 heteroatoms. The Morgan fingerprint density at radius 1 is 1.06 bits per heavy atom. The fourth-order valence-corrected chi connectivity index (χ4v) is 1.77. The van der Waals surface area contributed by atoms with Gasteiger partial charge in [0.1, 0.15) is 5.44 Å². The second-order valence-corrected chi connectivity index (χ2v) is 5.04. The molecule has 0 bridgehead atoms. The number of thiol groups is 1. The Bertz CT molecular complexity index is 169. The number of rotatable bonds is 10. The van der Waals surface area contributed by atoms with Crippen molar-refractivity contribution in [3.8, 4) is 0 Å². The highest BCUT2D eigenvalue weighted by atomic mass is 32.1. The topological polar surface area (TPSA) is 26.3 Å². The molecule has 96 valence electrons. The van der Waals surface area contributed by atoms with Crippen molar-refractivity contribution in [2.75, 3.05) is 0 Å². The van der Waals surface area contributed by atoms with Crippen molar-refractivity contribution in [1.29, 1.82) is 0 Å². The molecule has 0 aliphatic carbocycles. The summed E-state index contributed by atoms with van der Waals surface area (Å²) in [6.07, 6.45) is 10.5. The van der Waals surface area contributed by atoms with Crippen LogP contribution in [0.3, 0.4) is 0 Å². The molecule has 1 unspecified atom stereocenters. The van der Waals surface area contributed by atoms with Crippen molar-refractivity contribution < 1.29 is 9.53 Å². The van der Waals surface area contributed by atoms with Gasteiger partial charge in [-0.2, -0.15) is 0 Å². The Balaban J connectivity index is 3.11. The monoisotopic (exact) mass is 246 g/mol. The van der Waals surface area contributed by atoms with Crippen molar-refractivity contribution >= 4 is 18.6 Å². The molecule has 0 aromatic heterocycles. The predicted molar refractivity (Wildman–Crippen MR) is 71.8 cm³/mol. The Kier molecular flexibility index (Phi) is 11.2. The van der Waals surface area contributed by atoms with Gasteiger partial charge in [-0.25, -0.2) is 0 Å². The maximum absolute atomic E-state index is 11.2. The lowest BCUT2D eigenvalue weighted by Gasteiger charge is -2.06. The van der Waals surface area contributed by atoms with Crippen molar-refractivity contribution in [2.45, 2.75) is 77.1 Å². The van der Waals surface area contributed by atoms with Crippen LogP contribution in [-0.2, 0) is 9.53 Å². The van der Waals surface area contributed by atoms with Gasteiger partial charge in [0.15, 0.2) is 0 Å². The summed E-state index contributed by atoms with van der Waals surface area (Å²) >= 11 is 4.01. The molecule has 0 aromatic carbocycles. The molecule has 0 amide bonds. The van der Waals surface area contributed by atoms with Gasteiger partial charge >= 0.3 is 5.97 Å². The largest absolute Gasteiger partial charge is 0.452 e. The van der Waals surface area contributed by atoms with Crippen molar-refractivity contribution in [3.05, 3.63) is 0 Å². The number of unbranched alkanes of at least 4 members (excludes halogenated alkanes) is 7. The van der Waals surface area contributed by atoms with Crippen LogP contribution in [0.4, 0.5) is 0 Å². The van der Waals surface area contributed by atoms with Crippen LogP contribution in [0, 0.1) is 0 Å². The fraction of sp³-hybridized carbons (Fsp3) is 0.923. The third-order valence-corrected chi connectivity index (χ3v) is 2.64. The first-order valence-corrected chi connectivity index (χ1v) is 7.06. The van der Waals surface area contributed by atoms with Gasteiger partial charge in [0.05, 0.1) is 0 Å². The molecule has 0 saturated carbocycles. The van der Waals surface area contributed by atoms with E-state index in [4.69, 9.17) is 4.74 Å². The summed E-state index contributed by atoms with van der Waals surface area (Å²) in [5.41, 5.74) is -0.276. The zero-order valence-corrected chi connectivity index (χ0v) is 11.6. The number of carbonyl (C=O) groups is 1. The van der Waals surface area contributed by atoms with Crippen LogP contribution in [0.2, 0.25) is 0 Å². The molecule has 0 radical (unpaired) electrons. The van der Waals surface area contributed by atoms with Crippen molar-refractivity contribution in [1.82, 2.24) is 0 Å². The number of hydrogen-bond acceptors (Lipinski definition) is 3. The summed E-state index contributed by atoms with van der Waals surface area (Å²) in [5.74, 6) is -0.117. The van der Waals surface area contributed by atoms with Gasteiger partial charge in [-0.05, 0) is 13.3 Å². The number of ether oxygens (including phenoxy) is 1. The van der Waals surface area contributed by atoms with E-state index in [1.165, 1.54) is 38.5 Å².